The SMILES string of the molecule is O=C(Nc1cccc(OC2CCCC2)c1)c1cccc(NC(=O)C2CCCO2)c1. The molecule has 4 rings (SSSR count). The van der Waals surface area contributed by atoms with Gasteiger partial charge in [-0.15, -0.1) is 0 Å². The van der Waals surface area contributed by atoms with E-state index in [0.29, 0.717) is 23.5 Å². The summed E-state index contributed by atoms with van der Waals surface area (Å²) in [6.45, 7) is 0.615. The van der Waals surface area contributed by atoms with E-state index in [1.54, 1.807) is 24.3 Å². The number of nitrogens with one attached hydrogen (secondary N) is 2. The van der Waals surface area contributed by atoms with E-state index in [2.05, 4.69) is 10.6 Å². The summed E-state index contributed by atoms with van der Waals surface area (Å²) < 4.78 is 11.4. The van der Waals surface area contributed by atoms with Crippen LogP contribution in [-0.4, -0.2) is 30.6 Å². The Morgan fingerprint density at radius 3 is 2.41 bits per heavy atom. The predicted octanol–water partition coefficient (Wildman–Crippen LogP) is 4.38. The quantitative estimate of drug-likeness (QED) is 0.762. The average Bonchev–Trinajstić information content (AvgIpc) is 3.43. The summed E-state index contributed by atoms with van der Waals surface area (Å²) in [6, 6.07) is 14.4. The van der Waals surface area contributed by atoms with E-state index < -0.39 is 6.10 Å². The standard InChI is InChI=1S/C23H26N2O4/c26-22(24-18-8-4-11-20(15-18)29-19-9-1-2-10-19)16-6-3-7-17(14-16)25-23(27)21-12-5-13-28-21/h3-4,6-8,11,14-15,19,21H,1-2,5,9-10,12-13H2,(H,24,26)(H,25,27). The van der Waals surface area contributed by atoms with Gasteiger partial charge in [0.25, 0.3) is 11.8 Å². The topological polar surface area (TPSA) is 76.7 Å². The third-order valence-electron chi connectivity index (χ3n) is 5.31. The summed E-state index contributed by atoms with van der Waals surface area (Å²) in [7, 11) is 0. The first-order valence-electron chi connectivity index (χ1n) is 10.3. The molecule has 6 heteroatoms. The Bertz CT molecular complexity index is 871. The van der Waals surface area contributed by atoms with Gasteiger partial charge in [0, 0.05) is 29.6 Å². The molecule has 1 atom stereocenters. The van der Waals surface area contributed by atoms with E-state index in [-0.39, 0.29) is 17.9 Å². The molecule has 0 bridgehead atoms. The molecule has 2 amide bonds. The minimum atomic E-state index is -0.407. The first kappa shape index (κ1) is 19.5. The van der Waals surface area contributed by atoms with Crippen molar-refractivity contribution in [2.45, 2.75) is 50.7 Å². The number of anilines is 2. The lowest BCUT2D eigenvalue weighted by molar-refractivity contribution is -0.124. The van der Waals surface area contributed by atoms with Crippen molar-refractivity contribution in [3.05, 3.63) is 54.1 Å². The van der Waals surface area contributed by atoms with Gasteiger partial charge in [0.05, 0.1) is 6.10 Å². The van der Waals surface area contributed by atoms with E-state index in [1.165, 1.54) is 12.8 Å². The molecule has 1 saturated carbocycles. The monoisotopic (exact) mass is 394 g/mol. The summed E-state index contributed by atoms with van der Waals surface area (Å²) in [4.78, 5) is 24.9. The van der Waals surface area contributed by atoms with Gasteiger partial charge in [-0.05, 0) is 68.9 Å². The Morgan fingerprint density at radius 1 is 0.897 bits per heavy atom. The molecule has 152 valence electrons. The van der Waals surface area contributed by atoms with Crippen molar-refractivity contribution in [3.63, 3.8) is 0 Å². The highest BCUT2D eigenvalue weighted by atomic mass is 16.5. The van der Waals surface area contributed by atoms with Gasteiger partial charge in [-0.3, -0.25) is 9.59 Å². The van der Waals surface area contributed by atoms with E-state index in [1.807, 2.05) is 24.3 Å². The molecule has 1 saturated heterocycles. The van der Waals surface area contributed by atoms with Crippen LogP contribution in [0.15, 0.2) is 48.5 Å². The first-order chi connectivity index (χ1) is 14.2. The lowest BCUT2D eigenvalue weighted by atomic mass is 10.1. The van der Waals surface area contributed by atoms with Crippen molar-refractivity contribution in [2.24, 2.45) is 0 Å². The number of benzene rings is 2. The number of hydrogen-bond acceptors (Lipinski definition) is 4. The van der Waals surface area contributed by atoms with Crippen LogP contribution in [0.25, 0.3) is 0 Å². The Kier molecular flexibility index (Phi) is 6.10. The first-order valence-corrected chi connectivity index (χ1v) is 10.3. The van der Waals surface area contributed by atoms with E-state index in [4.69, 9.17) is 9.47 Å². The molecule has 2 aromatic rings. The molecule has 6 nitrogen and oxygen atoms in total. The zero-order valence-electron chi connectivity index (χ0n) is 16.4. The second-order valence-corrected chi connectivity index (χ2v) is 7.58. The molecule has 1 unspecified atom stereocenters. The van der Waals surface area contributed by atoms with Gasteiger partial charge in [-0.2, -0.15) is 0 Å². The molecule has 1 aliphatic heterocycles. The van der Waals surface area contributed by atoms with Crippen molar-refractivity contribution in [1.82, 2.24) is 0 Å². The summed E-state index contributed by atoms with van der Waals surface area (Å²) in [5, 5.41) is 5.73. The van der Waals surface area contributed by atoms with Crippen molar-refractivity contribution in [2.75, 3.05) is 17.2 Å². The predicted molar refractivity (Wildman–Crippen MR) is 111 cm³/mol. The van der Waals surface area contributed by atoms with Crippen LogP contribution in [0.2, 0.25) is 0 Å². The fraction of sp³-hybridized carbons (Fsp3) is 0.391. The van der Waals surface area contributed by atoms with Crippen LogP contribution in [0.4, 0.5) is 11.4 Å². The maximum atomic E-state index is 12.7. The van der Waals surface area contributed by atoms with Crippen LogP contribution < -0.4 is 15.4 Å². The van der Waals surface area contributed by atoms with Crippen LogP contribution in [-0.2, 0) is 9.53 Å². The number of amides is 2. The van der Waals surface area contributed by atoms with Gasteiger partial charge < -0.3 is 20.1 Å². The van der Waals surface area contributed by atoms with Gasteiger partial charge in [0.2, 0.25) is 0 Å². The van der Waals surface area contributed by atoms with Crippen molar-refractivity contribution < 1.29 is 19.1 Å². The molecule has 2 aromatic carbocycles. The Labute approximate surface area is 170 Å². The minimum absolute atomic E-state index is 0.170. The lowest BCUT2D eigenvalue weighted by Gasteiger charge is -2.14. The molecule has 0 spiro atoms. The normalized spacial score (nSPS) is 19.1. The molecule has 2 aliphatic rings. The van der Waals surface area contributed by atoms with Gasteiger partial charge in [-0.25, -0.2) is 0 Å². The maximum Gasteiger partial charge on any atom is 0.255 e. The van der Waals surface area contributed by atoms with Crippen LogP contribution >= 0.6 is 0 Å². The summed E-state index contributed by atoms with van der Waals surface area (Å²) in [6.07, 6.45) is 6.07. The Morgan fingerprint density at radius 2 is 1.66 bits per heavy atom. The number of carbonyl (C=O) groups is 2. The largest absolute Gasteiger partial charge is 0.490 e. The fourth-order valence-corrected chi connectivity index (χ4v) is 3.79. The second-order valence-electron chi connectivity index (χ2n) is 7.58. The fourth-order valence-electron chi connectivity index (χ4n) is 3.79. The summed E-state index contributed by atoms with van der Waals surface area (Å²) in [5.41, 5.74) is 1.73. The van der Waals surface area contributed by atoms with Crippen molar-refractivity contribution in [3.8, 4) is 5.75 Å². The maximum absolute atomic E-state index is 12.7. The molecule has 0 aromatic heterocycles. The molecule has 1 heterocycles. The Balaban J connectivity index is 1.38. The number of carbonyl (C=O) groups excluding carboxylic acids is 2. The third-order valence-corrected chi connectivity index (χ3v) is 5.31. The molecule has 2 N–H and O–H groups in total. The van der Waals surface area contributed by atoms with Gasteiger partial charge in [0.1, 0.15) is 11.9 Å². The highest BCUT2D eigenvalue weighted by Crippen LogP contribution is 2.26. The lowest BCUT2D eigenvalue weighted by Crippen LogP contribution is -2.27. The van der Waals surface area contributed by atoms with E-state index >= 15 is 0 Å². The molecular formula is C23H26N2O4. The van der Waals surface area contributed by atoms with Crippen molar-refractivity contribution >= 4 is 23.2 Å². The number of rotatable bonds is 6. The minimum Gasteiger partial charge on any atom is -0.490 e. The third kappa shape index (κ3) is 5.15. The van der Waals surface area contributed by atoms with Crippen LogP contribution in [0.5, 0.6) is 5.75 Å². The van der Waals surface area contributed by atoms with Gasteiger partial charge in [-0.1, -0.05) is 12.1 Å². The van der Waals surface area contributed by atoms with Gasteiger partial charge >= 0.3 is 0 Å². The highest BCUT2D eigenvalue weighted by molar-refractivity contribution is 6.05. The smallest absolute Gasteiger partial charge is 0.255 e. The van der Waals surface area contributed by atoms with Crippen LogP contribution in [0, 0.1) is 0 Å². The Hall–Kier alpha value is -2.86. The summed E-state index contributed by atoms with van der Waals surface area (Å²) in [5.74, 6) is 0.361. The van der Waals surface area contributed by atoms with Crippen LogP contribution in [0.3, 0.4) is 0 Å². The molecular weight excluding hydrogens is 368 g/mol. The average molecular weight is 394 g/mol. The van der Waals surface area contributed by atoms with E-state index in [0.717, 1.165) is 31.4 Å². The summed E-state index contributed by atoms with van der Waals surface area (Å²) >= 11 is 0. The zero-order chi connectivity index (χ0) is 20.1. The van der Waals surface area contributed by atoms with Gasteiger partial charge in [0.15, 0.2) is 0 Å². The van der Waals surface area contributed by atoms with E-state index in [9.17, 15) is 9.59 Å². The zero-order valence-corrected chi connectivity index (χ0v) is 16.4. The van der Waals surface area contributed by atoms with Crippen LogP contribution in [0.1, 0.15) is 48.9 Å². The molecule has 2 fully saturated rings. The number of ether oxygens (including phenoxy) is 2. The number of hydrogen-bond donors (Lipinski definition) is 2. The van der Waals surface area contributed by atoms with Crippen molar-refractivity contribution in [1.29, 1.82) is 0 Å². The molecule has 0 radical (unpaired) electrons. The molecule has 29 heavy (non-hydrogen) atoms. The second kappa shape index (κ2) is 9.09. The highest BCUT2D eigenvalue weighted by Gasteiger charge is 2.23. The molecule has 1 aliphatic carbocycles.